The minimum atomic E-state index is -0.501. The zero-order valence-electron chi connectivity index (χ0n) is 21.3. The van der Waals surface area contributed by atoms with Gasteiger partial charge < -0.3 is 24.6 Å². The number of hydrogen-bond acceptors (Lipinski definition) is 9. The second-order valence-corrected chi connectivity index (χ2v) is 10.5. The molecule has 0 atom stereocenters. The molecule has 0 saturated carbocycles. The molecular formula is C26H32N6O3S. The number of aromatic nitrogens is 3. The van der Waals surface area contributed by atoms with Crippen molar-refractivity contribution in [3.8, 4) is 5.75 Å². The van der Waals surface area contributed by atoms with Crippen LogP contribution in [0.5, 0.6) is 5.75 Å². The molecule has 0 bridgehead atoms. The fraction of sp³-hybridized carbons (Fsp3) is 0.385. The van der Waals surface area contributed by atoms with Crippen molar-refractivity contribution in [3.63, 3.8) is 0 Å². The SMILES string of the molecule is COc1cccc(/C=C/c2cnc(Nc3cc(N4CCN(C(=O)OC(C)(C)C)CC4)nc(C)n3)s2)c1. The van der Waals surface area contributed by atoms with Gasteiger partial charge in [0.05, 0.1) is 7.11 Å². The highest BCUT2D eigenvalue weighted by atomic mass is 32.1. The van der Waals surface area contributed by atoms with Gasteiger partial charge in [0.25, 0.3) is 0 Å². The van der Waals surface area contributed by atoms with E-state index < -0.39 is 5.60 Å². The predicted octanol–water partition coefficient (Wildman–Crippen LogP) is 5.22. The van der Waals surface area contributed by atoms with Crippen molar-refractivity contribution in [1.82, 2.24) is 19.9 Å². The van der Waals surface area contributed by atoms with Crippen molar-refractivity contribution in [1.29, 1.82) is 0 Å². The standard InChI is InChI=1S/C26H32N6O3S/c1-18-28-22(16-23(29-18)31-11-13-32(14-12-31)25(33)35-26(2,3)4)30-24-27-17-21(36-24)10-9-19-7-6-8-20(15-19)34-5/h6-10,15-17H,11-14H2,1-5H3,(H,27,28,29,30)/b10-9+. The van der Waals surface area contributed by atoms with Gasteiger partial charge in [0.2, 0.25) is 0 Å². The van der Waals surface area contributed by atoms with Crippen LogP contribution >= 0.6 is 11.3 Å². The van der Waals surface area contributed by atoms with E-state index in [2.05, 4.69) is 25.2 Å². The number of rotatable bonds is 6. The summed E-state index contributed by atoms with van der Waals surface area (Å²) >= 11 is 1.54. The van der Waals surface area contributed by atoms with Crippen LogP contribution in [0.25, 0.3) is 12.2 Å². The molecule has 1 saturated heterocycles. The molecule has 1 amide bonds. The average molecular weight is 509 g/mol. The van der Waals surface area contributed by atoms with Crippen LogP contribution in [-0.2, 0) is 4.74 Å². The lowest BCUT2D eigenvalue weighted by molar-refractivity contribution is 0.0240. The van der Waals surface area contributed by atoms with Crippen LogP contribution in [0.2, 0.25) is 0 Å². The number of anilines is 3. The molecule has 1 N–H and O–H groups in total. The van der Waals surface area contributed by atoms with Gasteiger partial charge in [-0.3, -0.25) is 0 Å². The zero-order chi connectivity index (χ0) is 25.7. The van der Waals surface area contributed by atoms with Gasteiger partial charge in [-0.1, -0.05) is 29.5 Å². The minimum absolute atomic E-state index is 0.275. The van der Waals surface area contributed by atoms with E-state index >= 15 is 0 Å². The van der Waals surface area contributed by atoms with Crippen LogP contribution in [-0.4, -0.2) is 64.8 Å². The summed E-state index contributed by atoms with van der Waals surface area (Å²) in [4.78, 5) is 30.9. The predicted molar refractivity (Wildman–Crippen MR) is 144 cm³/mol. The Balaban J connectivity index is 1.38. The summed E-state index contributed by atoms with van der Waals surface area (Å²) in [5.74, 6) is 3.00. The summed E-state index contributed by atoms with van der Waals surface area (Å²) in [5, 5.41) is 4.05. The number of hydrogen-bond donors (Lipinski definition) is 1. The van der Waals surface area contributed by atoms with E-state index in [4.69, 9.17) is 9.47 Å². The molecule has 9 nitrogen and oxygen atoms in total. The maximum atomic E-state index is 12.4. The Morgan fingerprint density at radius 1 is 1.11 bits per heavy atom. The normalized spacial score (nSPS) is 14.2. The third-order valence-electron chi connectivity index (χ3n) is 5.37. The number of benzene rings is 1. The molecule has 4 rings (SSSR count). The average Bonchev–Trinajstić information content (AvgIpc) is 3.28. The maximum Gasteiger partial charge on any atom is 0.410 e. The highest BCUT2D eigenvalue weighted by Crippen LogP contribution is 2.26. The fourth-order valence-electron chi connectivity index (χ4n) is 3.68. The minimum Gasteiger partial charge on any atom is -0.497 e. The summed E-state index contributed by atoms with van der Waals surface area (Å²) < 4.78 is 10.8. The molecule has 36 heavy (non-hydrogen) atoms. The Morgan fingerprint density at radius 2 is 1.89 bits per heavy atom. The van der Waals surface area contributed by atoms with Crippen molar-refractivity contribution in [2.75, 3.05) is 43.5 Å². The molecule has 190 valence electrons. The van der Waals surface area contributed by atoms with Gasteiger partial charge in [-0.25, -0.2) is 19.7 Å². The van der Waals surface area contributed by atoms with E-state index in [1.165, 1.54) is 11.3 Å². The molecule has 0 unspecified atom stereocenters. The number of nitrogens with zero attached hydrogens (tertiary/aromatic N) is 5. The maximum absolute atomic E-state index is 12.4. The molecule has 10 heteroatoms. The van der Waals surface area contributed by atoms with Crippen LogP contribution in [0.15, 0.2) is 36.5 Å². The lowest BCUT2D eigenvalue weighted by atomic mass is 10.2. The second kappa shape index (κ2) is 10.9. The van der Waals surface area contributed by atoms with Crippen LogP contribution in [0, 0.1) is 6.92 Å². The topological polar surface area (TPSA) is 92.7 Å². The number of thiazole rings is 1. The number of nitrogens with one attached hydrogen (secondary N) is 1. The summed E-state index contributed by atoms with van der Waals surface area (Å²) in [6, 6.07) is 9.81. The van der Waals surface area contributed by atoms with Crippen LogP contribution in [0.4, 0.5) is 21.6 Å². The van der Waals surface area contributed by atoms with Crippen molar-refractivity contribution in [2.24, 2.45) is 0 Å². The number of methoxy groups -OCH3 is 1. The van der Waals surface area contributed by atoms with Crippen molar-refractivity contribution in [3.05, 3.63) is 52.8 Å². The summed E-state index contributed by atoms with van der Waals surface area (Å²) in [6.07, 6.45) is 5.61. The first kappa shape index (κ1) is 25.4. The molecule has 0 spiro atoms. The molecule has 1 aliphatic rings. The monoisotopic (exact) mass is 508 g/mol. The molecule has 0 radical (unpaired) electrons. The van der Waals surface area contributed by atoms with Crippen molar-refractivity contribution < 1.29 is 14.3 Å². The van der Waals surface area contributed by atoms with E-state index in [-0.39, 0.29) is 6.09 Å². The summed E-state index contributed by atoms with van der Waals surface area (Å²) in [5.41, 5.74) is 0.555. The van der Waals surface area contributed by atoms with Gasteiger partial charge in [0.1, 0.15) is 28.8 Å². The third-order valence-corrected chi connectivity index (χ3v) is 6.25. The smallest absolute Gasteiger partial charge is 0.410 e. The molecular weight excluding hydrogens is 476 g/mol. The first-order valence-electron chi connectivity index (χ1n) is 11.8. The van der Waals surface area contributed by atoms with Gasteiger partial charge in [-0.2, -0.15) is 0 Å². The Labute approximate surface area is 215 Å². The van der Waals surface area contributed by atoms with Crippen molar-refractivity contribution >= 4 is 46.3 Å². The number of ether oxygens (including phenoxy) is 2. The molecule has 1 aromatic carbocycles. The van der Waals surface area contributed by atoms with Crippen LogP contribution < -0.4 is 15.0 Å². The first-order chi connectivity index (χ1) is 17.2. The van der Waals surface area contributed by atoms with E-state index in [0.29, 0.717) is 37.8 Å². The van der Waals surface area contributed by atoms with Gasteiger partial charge in [-0.15, -0.1) is 0 Å². The fourth-order valence-corrected chi connectivity index (χ4v) is 4.40. The lowest BCUT2D eigenvalue weighted by Crippen LogP contribution is -2.50. The van der Waals surface area contributed by atoms with Gasteiger partial charge in [0.15, 0.2) is 5.13 Å². The summed E-state index contributed by atoms with van der Waals surface area (Å²) in [7, 11) is 1.66. The number of aryl methyl sites for hydroxylation is 1. The van der Waals surface area contributed by atoms with Crippen LogP contribution in [0.1, 0.15) is 37.0 Å². The molecule has 1 fully saturated rings. The van der Waals surface area contributed by atoms with Crippen LogP contribution in [0.3, 0.4) is 0 Å². The van der Waals surface area contributed by atoms with Gasteiger partial charge in [-0.05, 0) is 51.5 Å². The second-order valence-electron chi connectivity index (χ2n) is 9.42. The number of amides is 1. The molecule has 3 heterocycles. The Bertz CT molecular complexity index is 1230. The quantitative estimate of drug-likeness (QED) is 0.484. The first-order valence-corrected chi connectivity index (χ1v) is 12.6. The van der Waals surface area contributed by atoms with E-state index in [9.17, 15) is 4.79 Å². The van der Waals surface area contributed by atoms with E-state index in [1.54, 1.807) is 12.0 Å². The van der Waals surface area contributed by atoms with Gasteiger partial charge >= 0.3 is 6.09 Å². The van der Waals surface area contributed by atoms with Crippen molar-refractivity contribution in [2.45, 2.75) is 33.3 Å². The van der Waals surface area contributed by atoms with E-state index in [0.717, 1.165) is 27.1 Å². The Kier molecular flexibility index (Phi) is 7.73. The number of piperazine rings is 1. The highest BCUT2D eigenvalue weighted by Gasteiger charge is 2.26. The largest absolute Gasteiger partial charge is 0.497 e. The van der Waals surface area contributed by atoms with Gasteiger partial charge in [0, 0.05) is 43.3 Å². The number of carbonyl (C=O) groups excluding carboxylic acids is 1. The number of carbonyl (C=O) groups is 1. The molecule has 1 aliphatic heterocycles. The molecule has 3 aromatic rings. The highest BCUT2D eigenvalue weighted by molar-refractivity contribution is 7.16. The zero-order valence-corrected chi connectivity index (χ0v) is 22.1. The lowest BCUT2D eigenvalue weighted by Gasteiger charge is -2.36. The Morgan fingerprint density at radius 3 is 2.61 bits per heavy atom. The Hall–Kier alpha value is -3.66. The van der Waals surface area contributed by atoms with E-state index in [1.807, 2.05) is 76.4 Å². The molecule has 2 aromatic heterocycles. The summed E-state index contributed by atoms with van der Waals surface area (Å²) in [6.45, 7) is 10.0. The third kappa shape index (κ3) is 6.94. The molecule has 0 aliphatic carbocycles.